The number of hydrogen-bond acceptors (Lipinski definition) is 3. The molecule has 0 aliphatic carbocycles. The van der Waals surface area contributed by atoms with Crippen molar-refractivity contribution in [3.05, 3.63) is 34.0 Å². The standard InChI is InChI=1S/C13H18N2OS/c16-13(10-12-2-1-9-17-12)15-8-5-11-3-6-14-7-4-11/h1-3,9,14H,4-8,10H2,(H,15,16). The van der Waals surface area contributed by atoms with Crippen molar-refractivity contribution in [3.8, 4) is 0 Å². The Balaban J connectivity index is 1.64. The predicted octanol–water partition coefficient (Wildman–Crippen LogP) is 1.72. The van der Waals surface area contributed by atoms with E-state index < -0.39 is 0 Å². The number of amides is 1. The van der Waals surface area contributed by atoms with Crippen LogP contribution in [0.2, 0.25) is 0 Å². The first kappa shape index (κ1) is 12.3. The van der Waals surface area contributed by atoms with E-state index in [4.69, 9.17) is 0 Å². The molecule has 92 valence electrons. The third-order valence-electron chi connectivity index (χ3n) is 2.84. The first-order valence-corrected chi connectivity index (χ1v) is 6.90. The first-order chi connectivity index (χ1) is 8.34. The average Bonchev–Trinajstić information content (AvgIpc) is 2.83. The van der Waals surface area contributed by atoms with Gasteiger partial charge in [-0.1, -0.05) is 17.7 Å². The number of nitrogens with one attached hydrogen (secondary N) is 2. The van der Waals surface area contributed by atoms with Gasteiger partial charge in [0.2, 0.25) is 5.91 Å². The lowest BCUT2D eigenvalue weighted by Crippen LogP contribution is -2.27. The third kappa shape index (κ3) is 4.32. The molecule has 1 amide bonds. The van der Waals surface area contributed by atoms with Gasteiger partial charge in [-0.2, -0.15) is 0 Å². The molecular weight excluding hydrogens is 232 g/mol. The summed E-state index contributed by atoms with van der Waals surface area (Å²) < 4.78 is 0. The summed E-state index contributed by atoms with van der Waals surface area (Å²) >= 11 is 1.63. The lowest BCUT2D eigenvalue weighted by atomic mass is 10.1. The topological polar surface area (TPSA) is 41.1 Å². The van der Waals surface area contributed by atoms with Gasteiger partial charge in [0, 0.05) is 18.0 Å². The highest BCUT2D eigenvalue weighted by molar-refractivity contribution is 7.10. The molecule has 0 saturated carbocycles. The predicted molar refractivity (Wildman–Crippen MR) is 71.2 cm³/mol. The molecule has 4 heteroatoms. The van der Waals surface area contributed by atoms with Gasteiger partial charge >= 0.3 is 0 Å². The fourth-order valence-corrected chi connectivity index (χ4v) is 2.60. The summed E-state index contributed by atoms with van der Waals surface area (Å²) in [5.41, 5.74) is 1.46. The number of hydrogen-bond donors (Lipinski definition) is 2. The summed E-state index contributed by atoms with van der Waals surface area (Å²) in [7, 11) is 0. The minimum atomic E-state index is 0.127. The van der Waals surface area contributed by atoms with Crippen molar-refractivity contribution < 1.29 is 4.79 Å². The average molecular weight is 250 g/mol. The Morgan fingerprint density at radius 2 is 2.47 bits per heavy atom. The van der Waals surface area contributed by atoms with E-state index in [-0.39, 0.29) is 5.91 Å². The fourth-order valence-electron chi connectivity index (χ4n) is 1.89. The first-order valence-electron chi connectivity index (χ1n) is 6.02. The van der Waals surface area contributed by atoms with E-state index in [1.807, 2.05) is 17.5 Å². The van der Waals surface area contributed by atoms with Crippen LogP contribution in [0.1, 0.15) is 17.7 Å². The summed E-state index contributed by atoms with van der Waals surface area (Å²) in [5.74, 6) is 0.127. The van der Waals surface area contributed by atoms with Crippen LogP contribution in [-0.2, 0) is 11.2 Å². The van der Waals surface area contributed by atoms with Crippen LogP contribution >= 0.6 is 11.3 Å². The van der Waals surface area contributed by atoms with Gasteiger partial charge in [0.05, 0.1) is 6.42 Å². The maximum Gasteiger partial charge on any atom is 0.225 e. The third-order valence-corrected chi connectivity index (χ3v) is 3.72. The maximum absolute atomic E-state index is 11.6. The van der Waals surface area contributed by atoms with Crippen LogP contribution in [0.5, 0.6) is 0 Å². The zero-order valence-electron chi connectivity index (χ0n) is 9.87. The Morgan fingerprint density at radius 3 is 3.18 bits per heavy atom. The lowest BCUT2D eigenvalue weighted by Gasteiger charge is -2.14. The molecule has 1 aliphatic rings. The molecule has 2 heterocycles. The molecule has 0 radical (unpaired) electrons. The van der Waals surface area contributed by atoms with Gasteiger partial charge in [0.1, 0.15) is 0 Å². The summed E-state index contributed by atoms with van der Waals surface area (Å²) in [6, 6.07) is 3.98. The minimum Gasteiger partial charge on any atom is -0.355 e. The van der Waals surface area contributed by atoms with Crippen molar-refractivity contribution in [2.45, 2.75) is 19.3 Å². The van der Waals surface area contributed by atoms with Crippen molar-refractivity contribution >= 4 is 17.2 Å². The zero-order valence-corrected chi connectivity index (χ0v) is 10.7. The van der Waals surface area contributed by atoms with E-state index >= 15 is 0 Å². The second kappa shape index (κ2) is 6.57. The van der Waals surface area contributed by atoms with Gasteiger partial charge < -0.3 is 10.6 Å². The SMILES string of the molecule is O=C(Cc1cccs1)NCCC1=CCNCC1. The molecule has 0 saturated heterocycles. The van der Waals surface area contributed by atoms with Gasteiger partial charge in [-0.25, -0.2) is 0 Å². The van der Waals surface area contributed by atoms with Crippen LogP contribution in [0.25, 0.3) is 0 Å². The molecule has 1 aromatic rings. The Labute approximate surface area is 106 Å². The molecule has 0 bridgehead atoms. The monoisotopic (exact) mass is 250 g/mol. The molecule has 2 N–H and O–H groups in total. The van der Waals surface area contributed by atoms with Gasteiger partial charge in [0.25, 0.3) is 0 Å². The van der Waals surface area contributed by atoms with Gasteiger partial charge in [-0.05, 0) is 30.8 Å². The molecule has 3 nitrogen and oxygen atoms in total. The molecule has 1 aromatic heterocycles. The van der Waals surface area contributed by atoms with Crippen LogP contribution in [0.3, 0.4) is 0 Å². The fraction of sp³-hybridized carbons (Fsp3) is 0.462. The van der Waals surface area contributed by atoms with Crippen molar-refractivity contribution in [1.29, 1.82) is 0 Å². The van der Waals surface area contributed by atoms with E-state index in [0.717, 1.165) is 37.4 Å². The van der Waals surface area contributed by atoms with E-state index in [1.165, 1.54) is 5.57 Å². The van der Waals surface area contributed by atoms with Gasteiger partial charge in [-0.3, -0.25) is 4.79 Å². The largest absolute Gasteiger partial charge is 0.355 e. The number of rotatable bonds is 5. The second-order valence-corrected chi connectivity index (χ2v) is 5.20. The Bertz CT molecular complexity index is 384. The summed E-state index contributed by atoms with van der Waals surface area (Å²) in [6.45, 7) is 2.80. The van der Waals surface area contributed by atoms with E-state index in [1.54, 1.807) is 11.3 Å². The summed E-state index contributed by atoms with van der Waals surface area (Å²) in [5, 5.41) is 8.26. The van der Waals surface area contributed by atoms with Gasteiger partial charge in [-0.15, -0.1) is 11.3 Å². The van der Waals surface area contributed by atoms with Crippen molar-refractivity contribution in [2.75, 3.05) is 19.6 Å². The summed E-state index contributed by atoms with van der Waals surface area (Å²) in [6.07, 6.45) is 4.84. The molecule has 1 aliphatic heterocycles. The molecule has 0 fully saturated rings. The Kier molecular flexibility index (Phi) is 4.76. The quantitative estimate of drug-likeness (QED) is 0.781. The van der Waals surface area contributed by atoms with Crippen molar-refractivity contribution in [2.24, 2.45) is 0 Å². The Hall–Kier alpha value is -1.13. The minimum absolute atomic E-state index is 0.127. The molecule has 0 spiro atoms. The van der Waals surface area contributed by atoms with Crippen molar-refractivity contribution in [3.63, 3.8) is 0 Å². The van der Waals surface area contributed by atoms with Crippen LogP contribution in [0.4, 0.5) is 0 Å². The number of thiophene rings is 1. The molecule has 0 unspecified atom stereocenters. The van der Waals surface area contributed by atoms with Gasteiger partial charge in [0.15, 0.2) is 0 Å². The summed E-state index contributed by atoms with van der Waals surface area (Å²) in [4.78, 5) is 12.7. The molecule has 17 heavy (non-hydrogen) atoms. The molecule has 2 rings (SSSR count). The normalized spacial score (nSPS) is 15.4. The number of carbonyl (C=O) groups is 1. The van der Waals surface area contributed by atoms with Crippen LogP contribution in [0.15, 0.2) is 29.2 Å². The van der Waals surface area contributed by atoms with E-state index in [2.05, 4.69) is 16.7 Å². The molecular formula is C13H18N2OS. The Morgan fingerprint density at radius 1 is 1.53 bits per heavy atom. The second-order valence-electron chi connectivity index (χ2n) is 4.17. The number of carbonyl (C=O) groups excluding carboxylic acids is 1. The van der Waals surface area contributed by atoms with Crippen LogP contribution < -0.4 is 10.6 Å². The van der Waals surface area contributed by atoms with Crippen molar-refractivity contribution in [1.82, 2.24) is 10.6 Å². The highest BCUT2D eigenvalue weighted by Crippen LogP contribution is 2.10. The smallest absolute Gasteiger partial charge is 0.225 e. The molecule has 0 atom stereocenters. The van der Waals surface area contributed by atoms with E-state index in [0.29, 0.717) is 6.42 Å². The zero-order chi connectivity index (χ0) is 11.9. The highest BCUT2D eigenvalue weighted by atomic mass is 32.1. The van der Waals surface area contributed by atoms with Crippen LogP contribution in [-0.4, -0.2) is 25.5 Å². The van der Waals surface area contributed by atoms with E-state index in [9.17, 15) is 4.79 Å². The maximum atomic E-state index is 11.6. The van der Waals surface area contributed by atoms with Crippen LogP contribution in [0, 0.1) is 0 Å². The lowest BCUT2D eigenvalue weighted by molar-refractivity contribution is -0.120. The highest BCUT2D eigenvalue weighted by Gasteiger charge is 2.05. The molecule has 0 aromatic carbocycles.